The number of aromatic nitrogens is 1. The van der Waals surface area contributed by atoms with Crippen molar-refractivity contribution in [2.45, 2.75) is 39.0 Å². The topological polar surface area (TPSA) is 38.9 Å². The average molecular weight is 305 g/mol. The smallest absolute Gasteiger partial charge is 0.0868 e. The molecule has 1 aliphatic rings. The van der Waals surface area contributed by atoms with Gasteiger partial charge in [-0.05, 0) is 71.8 Å². The van der Waals surface area contributed by atoms with Gasteiger partial charge in [0.2, 0.25) is 0 Å². The Hall–Kier alpha value is -1.09. The molecule has 18 heavy (non-hydrogen) atoms. The summed E-state index contributed by atoms with van der Waals surface area (Å²) in [6.07, 6.45) is 5.89. The molecule has 0 atom stereocenters. The van der Waals surface area contributed by atoms with E-state index in [1.54, 1.807) is 0 Å². The lowest BCUT2D eigenvalue weighted by Gasteiger charge is -2.13. The number of hydrogen-bond acceptors (Lipinski definition) is 2. The number of nitrogen functional groups attached to an aromatic ring is 1. The van der Waals surface area contributed by atoms with Gasteiger partial charge in [-0.3, -0.25) is 4.98 Å². The molecule has 1 heterocycles. The molecule has 0 unspecified atom stereocenters. The Morgan fingerprint density at radius 2 is 1.94 bits per heavy atom. The summed E-state index contributed by atoms with van der Waals surface area (Å²) in [6.45, 7) is 2.09. The quantitative estimate of drug-likeness (QED) is 0.742. The summed E-state index contributed by atoms with van der Waals surface area (Å²) in [5.41, 5.74) is 12.1. The minimum atomic E-state index is 0.946. The Kier molecular flexibility index (Phi) is 3.02. The molecule has 3 heteroatoms. The number of halogens is 1. The summed E-state index contributed by atoms with van der Waals surface area (Å²) in [5, 5.41) is 1.10. The van der Waals surface area contributed by atoms with Crippen molar-refractivity contribution in [3.8, 4) is 0 Å². The largest absolute Gasteiger partial charge is 0.398 e. The summed E-state index contributed by atoms with van der Waals surface area (Å²) >= 11 is 3.61. The van der Waals surface area contributed by atoms with Crippen molar-refractivity contribution in [3.05, 3.63) is 33.4 Å². The van der Waals surface area contributed by atoms with E-state index in [0.717, 1.165) is 33.9 Å². The fourth-order valence-electron chi connectivity index (χ4n) is 2.83. The number of pyridine rings is 1. The molecule has 0 saturated carbocycles. The van der Waals surface area contributed by atoms with Crippen molar-refractivity contribution in [1.29, 1.82) is 0 Å². The predicted molar refractivity (Wildman–Crippen MR) is 79.9 cm³/mol. The molecule has 2 aromatic rings. The van der Waals surface area contributed by atoms with Crippen molar-refractivity contribution in [2.24, 2.45) is 0 Å². The highest BCUT2D eigenvalue weighted by molar-refractivity contribution is 9.10. The van der Waals surface area contributed by atoms with Crippen LogP contribution in [0.2, 0.25) is 0 Å². The number of nitrogens with two attached hydrogens (primary N) is 1. The molecule has 0 bridgehead atoms. The van der Waals surface area contributed by atoms with Crippen LogP contribution in [0.5, 0.6) is 0 Å². The van der Waals surface area contributed by atoms with Crippen molar-refractivity contribution in [2.75, 3.05) is 5.73 Å². The SMILES string of the molecule is Cc1cc(Br)c2nc3c(c(N)c2c1)CCCCC3. The number of benzene rings is 1. The Balaban J connectivity index is 2.34. The highest BCUT2D eigenvalue weighted by Crippen LogP contribution is 2.34. The van der Waals surface area contributed by atoms with Crippen LogP contribution in [0.1, 0.15) is 36.1 Å². The zero-order valence-electron chi connectivity index (χ0n) is 10.6. The molecule has 1 aromatic carbocycles. The van der Waals surface area contributed by atoms with Gasteiger partial charge in [0.1, 0.15) is 0 Å². The normalized spacial score (nSPS) is 15.4. The lowest BCUT2D eigenvalue weighted by Crippen LogP contribution is -2.03. The van der Waals surface area contributed by atoms with Gasteiger partial charge in [-0.25, -0.2) is 0 Å². The number of nitrogens with zero attached hydrogens (tertiary/aromatic N) is 1. The summed E-state index contributed by atoms with van der Waals surface area (Å²) in [4.78, 5) is 4.85. The second kappa shape index (κ2) is 4.54. The average Bonchev–Trinajstić information content (AvgIpc) is 2.56. The first-order chi connectivity index (χ1) is 8.66. The van der Waals surface area contributed by atoms with E-state index in [9.17, 15) is 0 Å². The third-order valence-electron chi connectivity index (χ3n) is 3.76. The van der Waals surface area contributed by atoms with E-state index >= 15 is 0 Å². The molecule has 0 aliphatic heterocycles. The maximum Gasteiger partial charge on any atom is 0.0868 e. The zero-order valence-corrected chi connectivity index (χ0v) is 12.2. The molecule has 2 N–H and O–H groups in total. The highest BCUT2D eigenvalue weighted by atomic mass is 79.9. The molecule has 1 aliphatic carbocycles. The minimum Gasteiger partial charge on any atom is -0.398 e. The molecule has 0 amide bonds. The first-order valence-electron chi connectivity index (χ1n) is 6.54. The molecule has 2 nitrogen and oxygen atoms in total. The summed E-state index contributed by atoms with van der Waals surface area (Å²) in [7, 11) is 0. The van der Waals surface area contributed by atoms with Crippen LogP contribution in [-0.4, -0.2) is 4.98 Å². The third-order valence-corrected chi connectivity index (χ3v) is 4.36. The van der Waals surface area contributed by atoms with E-state index in [2.05, 4.69) is 35.0 Å². The number of anilines is 1. The van der Waals surface area contributed by atoms with Gasteiger partial charge < -0.3 is 5.73 Å². The van der Waals surface area contributed by atoms with Gasteiger partial charge in [0.15, 0.2) is 0 Å². The Morgan fingerprint density at radius 1 is 1.17 bits per heavy atom. The number of aryl methyl sites for hydroxylation is 2. The van der Waals surface area contributed by atoms with Crippen molar-refractivity contribution >= 4 is 32.5 Å². The Labute approximate surface area is 116 Å². The maximum absolute atomic E-state index is 6.39. The molecular formula is C15H17BrN2. The van der Waals surface area contributed by atoms with Crippen molar-refractivity contribution in [1.82, 2.24) is 4.98 Å². The Morgan fingerprint density at radius 3 is 2.78 bits per heavy atom. The summed E-state index contributed by atoms with van der Waals surface area (Å²) in [5.74, 6) is 0. The van der Waals surface area contributed by atoms with E-state index in [4.69, 9.17) is 10.7 Å². The first-order valence-corrected chi connectivity index (χ1v) is 7.33. The van der Waals surface area contributed by atoms with Gasteiger partial charge in [0.05, 0.1) is 5.52 Å². The van der Waals surface area contributed by atoms with E-state index in [-0.39, 0.29) is 0 Å². The standard InChI is InChI=1S/C15H17BrN2/c1-9-7-11-14(17)10-5-3-2-4-6-13(10)18-15(11)12(16)8-9/h7-8H,2-6H2,1H3,(H2,17,18). The molecule has 3 rings (SSSR count). The molecular weight excluding hydrogens is 288 g/mol. The van der Waals surface area contributed by atoms with Gasteiger partial charge in [-0.15, -0.1) is 0 Å². The van der Waals surface area contributed by atoms with Gasteiger partial charge >= 0.3 is 0 Å². The minimum absolute atomic E-state index is 0.946. The molecule has 1 aromatic heterocycles. The van der Waals surface area contributed by atoms with Gasteiger partial charge in [0, 0.05) is 21.2 Å². The third kappa shape index (κ3) is 1.91. The van der Waals surface area contributed by atoms with E-state index in [1.165, 1.54) is 36.1 Å². The van der Waals surface area contributed by atoms with Crippen LogP contribution in [0.15, 0.2) is 16.6 Å². The van der Waals surface area contributed by atoms with E-state index in [1.807, 2.05) is 0 Å². The second-order valence-electron chi connectivity index (χ2n) is 5.15. The van der Waals surface area contributed by atoms with Crippen LogP contribution >= 0.6 is 15.9 Å². The molecule has 94 valence electrons. The van der Waals surface area contributed by atoms with Crippen molar-refractivity contribution in [3.63, 3.8) is 0 Å². The lowest BCUT2D eigenvalue weighted by atomic mass is 10.0. The Bertz CT molecular complexity index is 620. The van der Waals surface area contributed by atoms with E-state index in [0.29, 0.717) is 0 Å². The molecule has 0 saturated heterocycles. The number of hydrogen-bond donors (Lipinski definition) is 1. The molecule has 0 spiro atoms. The monoisotopic (exact) mass is 304 g/mol. The summed E-state index contributed by atoms with van der Waals surface area (Å²) in [6, 6.07) is 4.26. The van der Waals surface area contributed by atoms with Crippen LogP contribution in [-0.2, 0) is 12.8 Å². The van der Waals surface area contributed by atoms with Crippen molar-refractivity contribution < 1.29 is 0 Å². The van der Waals surface area contributed by atoms with Crippen LogP contribution in [0.4, 0.5) is 5.69 Å². The van der Waals surface area contributed by atoms with Gasteiger partial charge in [0.25, 0.3) is 0 Å². The van der Waals surface area contributed by atoms with Crippen LogP contribution in [0, 0.1) is 6.92 Å². The van der Waals surface area contributed by atoms with Gasteiger partial charge in [-0.2, -0.15) is 0 Å². The van der Waals surface area contributed by atoms with Gasteiger partial charge in [-0.1, -0.05) is 6.42 Å². The fourth-order valence-corrected chi connectivity index (χ4v) is 3.49. The first kappa shape index (κ1) is 12.0. The van der Waals surface area contributed by atoms with Crippen LogP contribution in [0.25, 0.3) is 10.9 Å². The van der Waals surface area contributed by atoms with Crippen LogP contribution < -0.4 is 5.73 Å². The maximum atomic E-state index is 6.39. The zero-order chi connectivity index (χ0) is 12.7. The summed E-state index contributed by atoms with van der Waals surface area (Å²) < 4.78 is 1.05. The molecule has 0 radical (unpaired) electrons. The predicted octanol–water partition coefficient (Wildman–Crippen LogP) is 4.16. The number of fused-ring (bicyclic) bond motifs is 2. The highest BCUT2D eigenvalue weighted by Gasteiger charge is 2.16. The molecule has 0 fully saturated rings. The van der Waals surface area contributed by atoms with Crippen LogP contribution in [0.3, 0.4) is 0 Å². The lowest BCUT2D eigenvalue weighted by molar-refractivity contribution is 0.709. The number of rotatable bonds is 0. The second-order valence-corrected chi connectivity index (χ2v) is 6.01. The fraction of sp³-hybridized carbons (Fsp3) is 0.400. The van der Waals surface area contributed by atoms with E-state index < -0.39 is 0 Å².